The van der Waals surface area contributed by atoms with Crippen molar-refractivity contribution in [2.24, 2.45) is 11.8 Å². The molecule has 154 valence electrons. The highest BCUT2D eigenvalue weighted by molar-refractivity contribution is 6.06. The van der Waals surface area contributed by atoms with Crippen molar-refractivity contribution in [1.29, 1.82) is 0 Å². The van der Waals surface area contributed by atoms with Gasteiger partial charge in [0.2, 0.25) is 6.29 Å². The van der Waals surface area contributed by atoms with E-state index in [0.717, 1.165) is 24.3 Å². The molecule has 1 aromatic carbocycles. The zero-order chi connectivity index (χ0) is 20.3. The molecule has 0 radical (unpaired) electrons. The summed E-state index contributed by atoms with van der Waals surface area (Å²) in [6.45, 7) is 4.12. The van der Waals surface area contributed by atoms with E-state index in [1.54, 1.807) is 0 Å². The van der Waals surface area contributed by atoms with Gasteiger partial charge in [0.05, 0.1) is 18.1 Å². The lowest BCUT2D eigenvalue weighted by molar-refractivity contribution is -0.162. The number of Topliss-reactive ketones (excluding diaryl/α,β-unsaturated/α-hetero) is 1. The van der Waals surface area contributed by atoms with Crippen molar-refractivity contribution in [3.8, 4) is 0 Å². The number of para-hydroxylation sites is 1. The van der Waals surface area contributed by atoms with Gasteiger partial charge in [-0.3, -0.25) is 9.59 Å². The minimum atomic E-state index is -0.931. The molecule has 3 heterocycles. The van der Waals surface area contributed by atoms with Crippen molar-refractivity contribution in [2.75, 3.05) is 38.8 Å². The Bertz CT molecular complexity index is 897. The van der Waals surface area contributed by atoms with Crippen molar-refractivity contribution >= 4 is 17.4 Å². The first-order valence-corrected chi connectivity index (χ1v) is 10.5. The average molecular weight is 396 g/mol. The molecule has 0 N–H and O–H groups in total. The summed E-state index contributed by atoms with van der Waals surface area (Å²) in [5.41, 5.74) is 2.45. The maximum atomic E-state index is 13.9. The Balaban J connectivity index is 1.78. The number of anilines is 1. The lowest BCUT2D eigenvalue weighted by Crippen LogP contribution is -2.61. The third kappa shape index (κ3) is 2.46. The van der Waals surface area contributed by atoms with Gasteiger partial charge in [-0.05, 0) is 44.5 Å². The van der Waals surface area contributed by atoms with Crippen LogP contribution in [0.5, 0.6) is 0 Å². The predicted molar refractivity (Wildman–Crippen MR) is 109 cm³/mol. The van der Waals surface area contributed by atoms with Gasteiger partial charge in [-0.15, -0.1) is 0 Å². The highest BCUT2D eigenvalue weighted by Crippen LogP contribution is 2.58. The molecule has 4 aliphatic rings. The monoisotopic (exact) mass is 396 g/mol. The van der Waals surface area contributed by atoms with Crippen LogP contribution in [0.3, 0.4) is 0 Å². The smallest absolute Gasteiger partial charge is 0.284 e. The van der Waals surface area contributed by atoms with Crippen molar-refractivity contribution in [1.82, 2.24) is 4.90 Å². The number of carbonyl (C=O) groups is 2. The number of rotatable bonds is 1. The van der Waals surface area contributed by atoms with E-state index in [-0.39, 0.29) is 29.6 Å². The Morgan fingerprint density at radius 2 is 2.07 bits per heavy atom. The van der Waals surface area contributed by atoms with Crippen LogP contribution in [0.2, 0.25) is 0 Å². The number of benzene rings is 1. The van der Waals surface area contributed by atoms with Crippen LogP contribution in [0.1, 0.15) is 25.3 Å². The van der Waals surface area contributed by atoms with E-state index in [1.807, 2.05) is 29.2 Å². The zero-order valence-electron chi connectivity index (χ0n) is 17.3. The van der Waals surface area contributed by atoms with Gasteiger partial charge >= 0.3 is 0 Å². The van der Waals surface area contributed by atoms with Gasteiger partial charge in [0, 0.05) is 31.7 Å². The maximum Gasteiger partial charge on any atom is 0.284 e. The van der Waals surface area contributed by atoms with Gasteiger partial charge < -0.3 is 19.3 Å². The molecule has 3 fully saturated rings. The highest BCUT2D eigenvalue weighted by atomic mass is 16.7. The zero-order valence-corrected chi connectivity index (χ0v) is 17.3. The molecule has 5 rings (SSSR count). The molecule has 1 aliphatic carbocycles. The van der Waals surface area contributed by atoms with E-state index in [0.29, 0.717) is 19.4 Å². The van der Waals surface area contributed by atoms with E-state index >= 15 is 0 Å². The molecule has 0 aromatic heterocycles. The SMILES string of the molecule is C/C=C1/CN(C)CC[C@]23C(=O)C[C@@H]1[C@H]1CO[C@H](OC)C(=O)N(c4ccccc42)[C@@H]13. The number of nitrogens with zero attached hydrogens (tertiary/aromatic N) is 2. The minimum Gasteiger partial charge on any atom is -0.348 e. The molecule has 2 saturated heterocycles. The van der Waals surface area contributed by atoms with Crippen LogP contribution in [-0.2, 0) is 24.5 Å². The number of hydrogen-bond acceptors (Lipinski definition) is 5. The molecule has 1 aromatic rings. The Hall–Kier alpha value is -2.02. The summed E-state index contributed by atoms with van der Waals surface area (Å²) in [5.74, 6) is 0.197. The van der Waals surface area contributed by atoms with Gasteiger partial charge in [-0.25, -0.2) is 0 Å². The number of hydrogen-bond donors (Lipinski definition) is 0. The highest BCUT2D eigenvalue weighted by Gasteiger charge is 2.65. The molecule has 3 aliphatic heterocycles. The maximum absolute atomic E-state index is 13.9. The van der Waals surface area contributed by atoms with Crippen LogP contribution in [-0.4, -0.2) is 62.8 Å². The number of methoxy groups -OCH3 is 1. The Morgan fingerprint density at radius 1 is 1.28 bits per heavy atom. The number of ketones is 1. The van der Waals surface area contributed by atoms with Gasteiger partial charge in [0.25, 0.3) is 5.91 Å². The first-order valence-electron chi connectivity index (χ1n) is 10.5. The lowest BCUT2D eigenvalue weighted by Gasteiger charge is -2.47. The quantitative estimate of drug-likeness (QED) is 0.681. The molecule has 6 heteroatoms. The van der Waals surface area contributed by atoms with Gasteiger partial charge in [0.15, 0.2) is 0 Å². The molecule has 1 saturated carbocycles. The van der Waals surface area contributed by atoms with Gasteiger partial charge in [-0.1, -0.05) is 29.8 Å². The Morgan fingerprint density at radius 3 is 2.83 bits per heavy atom. The summed E-state index contributed by atoms with van der Waals surface area (Å²) < 4.78 is 11.4. The molecular weight excluding hydrogens is 368 g/mol. The van der Waals surface area contributed by atoms with Gasteiger partial charge in [-0.2, -0.15) is 0 Å². The van der Waals surface area contributed by atoms with E-state index in [4.69, 9.17) is 9.47 Å². The molecule has 1 amide bonds. The number of likely N-dealkylation sites (N-methyl/N-ethyl adjacent to an activating group) is 1. The second kappa shape index (κ2) is 6.76. The average Bonchev–Trinajstić information content (AvgIpc) is 2.98. The van der Waals surface area contributed by atoms with Crippen LogP contribution in [0, 0.1) is 11.8 Å². The molecule has 1 spiro atoms. The Labute approximate surface area is 171 Å². The molecule has 29 heavy (non-hydrogen) atoms. The fraction of sp³-hybridized carbons (Fsp3) is 0.565. The van der Waals surface area contributed by atoms with E-state index in [2.05, 4.69) is 24.9 Å². The molecule has 6 nitrogen and oxygen atoms in total. The number of allylic oxidation sites excluding steroid dienone is 1. The summed E-state index contributed by atoms with van der Waals surface area (Å²) in [7, 11) is 3.62. The Kier molecular flexibility index (Phi) is 4.42. The van der Waals surface area contributed by atoms with Crippen LogP contribution in [0.4, 0.5) is 5.69 Å². The number of carbonyl (C=O) groups excluding carboxylic acids is 2. The molecule has 2 bridgehead atoms. The van der Waals surface area contributed by atoms with E-state index in [9.17, 15) is 9.59 Å². The molecule has 5 atom stereocenters. The summed E-state index contributed by atoms with van der Waals surface area (Å²) in [5, 5.41) is 0. The van der Waals surface area contributed by atoms with Crippen LogP contribution in [0.15, 0.2) is 35.9 Å². The van der Waals surface area contributed by atoms with E-state index < -0.39 is 11.7 Å². The number of amides is 1. The van der Waals surface area contributed by atoms with Gasteiger partial charge in [0.1, 0.15) is 5.78 Å². The van der Waals surface area contributed by atoms with Crippen molar-refractivity contribution in [3.63, 3.8) is 0 Å². The van der Waals surface area contributed by atoms with Crippen LogP contribution < -0.4 is 4.90 Å². The lowest BCUT2D eigenvalue weighted by atomic mass is 9.57. The largest absolute Gasteiger partial charge is 0.348 e. The minimum absolute atomic E-state index is 0.0573. The predicted octanol–water partition coefficient (Wildman–Crippen LogP) is 2.13. The van der Waals surface area contributed by atoms with Crippen molar-refractivity contribution < 1.29 is 19.1 Å². The fourth-order valence-electron chi connectivity index (χ4n) is 6.24. The van der Waals surface area contributed by atoms with Crippen LogP contribution >= 0.6 is 0 Å². The van der Waals surface area contributed by atoms with Crippen molar-refractivity contribution in [2.45, 2.75) is 37.5 Å². The van der Waals surface area contributed by atoms with Crippen molar-refractivity contribution in [3.05, 3.63) is 41.5 Å². The van der Waals surface area contributed by atoms with Crippen LogP contribution in [0.25, 0.3) is 0 Å². The summed E-state index contributed by atoms with van der Waals surface area (Å²) in [6.07, 6.45) is 2.44. The summed E-state index contributed by atoms with van der Waals surface area (Å²) in [6, 6.07) is 7.72. The fourth-order valence-corrected chi connectivity index (χ4v) is 6.24. The standard InChI is InChI=1S/C23H28N2O4/c1-4-14-12-24(2)10-9-23-17-7-5-6-8-18(17)25-20(23)16(15(14)11-19(23)26)13-29-22(28-3)21(25)27/h4-8,15-16,20,22H,9-13H2,1-3H3/b14-4-/t15-,16+,20-,22-,23+/m0/s1. The molecular formula is C23H28N2O4. The topological polar surface area (TPSA) is 59.1 Å². The summed E-state index contributed by atoms with van der Waals surface area (Å²) >= 11 is 0. The first-order chi connectivity index (χ1) is 14.0. The molecule has 0 unspecified atom stereocenters. The number of ether oxygens (including phenoxy) is 2. The van der Waals surface area contributed by atoms with E-state index in [1.165, 1.54) is 12.7 Å². The summed E-state index contributed by atoms with van der Waals surface area (Å²) in [4.78, 5) is 31.5. The second-order valence-corrected chi connectivity index (χ2v) is 8.79. The third-order valence-corrected chi connectivity index (χ3v) is 7.53. The normalized spacial score (nSPS) is 38.3. The first kappa shape index (κ1) is 19.0. The number of fused-ring (bicyclic) bond motifs is 5. The third-order valence-electron chi connectivity index (χ3n) is 7.53. The second-order valence-electron chi connectivity index (χ2n) is 8.79.